The number of aromatic nitrogens is 4. The van der Waals surface area contributed by atoms with E-state index in [2.05, 4.69) is 47.2 Å². The molecule has 10 nitrogen and oxygen atoms in total. The van der Waals surface area contributed by atoms with E-state index in [-0.39, 0.29) is 34.2 Å². The number of fused-ring (bicyclic) bond motifs is 2. The van der Waals surface area contributed by atoms with E-state index < -0.39 is 0 Å². The Balaban J connectivity index is 0.000000202. The van der Waals surface area contributed by atoms with Crippen molar-refractivity contribution in [2.75, 3.05) is 0 Å². The number of carbonyl (C=O) groups excluding carboxylic acids is 2. The van der Waals surface area contributed by atoms with Crippen molar-refractivity contribution in [3.05, 3.63) is 128 Å². The summed E-state index contributed by atoms with van der Waals surface area (Å²) in [6.07, 6.45) is 4.85. The topological polar surface area (TPSA) is 157 Å². The minimum atomic E-state index is -0.216. The Bertz CT molecular complexity index is 2210. The average Bonchev–Trinajstić information content (AvgIpc) is 3.68. The van der Waals surface area contributed by atoms with Crippen molar-refractivity contribution in [2.24, 2.45) is 0 Å². The number of phenols is 2. The number of hydrogen-bond acceptors (Lipinski definition) is 8. The van der Waals surface area contributed by atoms with Gasteiger partial charge in [0, 0.05) is 60.8 Å². The summed E-state index contributed by atoms with van der Waals surface area (Å²) in [6, 6.07) is 22.2. The third-order valence-electron chi connectivity index (χ3n) is 7.13. The Morgan fingerprint density at radius 3 is 1.72 bits per heavy atom. The van der Waals surface area contributed by atoms with Crippen molar-refractivity contribution in [1.82, 2.24) is 18.8 Å². The van der Waals surface area contributed by atoms with Gasteiger partial charge in [0.2, 0.25) is 11.6 Å². The molecule has 13 heteroatoms. The van der Waals surface area contributed by atoms with Crippen molar-refractivity contribution < 1.29 is 19.8 Å². The summed E-state index contributed by atoms with van der Waals surface area (Å²) in [4.78, 5) is 34.8. The van der Waals surface area contributed by atoms with Crippen LogP contribution in [-0.2, 0) is 12.8 Å². The molecule has 0 bridgehead atoms. The highest BCUT2D eigenvalue weighted by Gasteiger charge is 2.22. The van der Waals surface area contributed by atoms with Gasteiger partial charge >= 0.3 is 0 Å². The molecule has 0 amide bonds. The highest BCUT2D eigenvalue weighted by Crippen LogP contribution is 2.28. The van der Waals surface area contributed by atoms with Crippen LogP contribution < -0.4 is 0 Å². The maximum atomic E-state index is 13.0. The van der Waals surface area contributed by atoms with Gasteiger partial charge in [0.15, 0.2) is 0 Å². The first-order chi connectivity index (χ1) is 22.7. The van der Waals surface area contributed by atoms with Crippen LogP contribution >= 0.6 is 59.8 Å². The number of hydrogen-bond donors (Lipinski definition) is 2. The molecule has 0 saturated heterocycles. The maximum absolute atomic E-state index is 13.0. The second-order valence-corrected chi connectivity index (χ2v) is 11.0. The van der Waals surface area contributed by atoms with Crippen LogP contribution in [0.15, 0.2) is 79.1 Å². The number of ketones is 2. The number of rotatable bonds is 6. The van der Waals surface area contributed by atoms with E-state index in [4.69, 9.17) is 10.5 Å². The molecule has 4 heterocycles. The minimum absolute atomic E-state index is 0.0812. The Labute approximate surface area is 307 Å². The van der Waals surface area contributed by atoms with E-state index in [9.17, 15) is 19.8 Å². The summed E-state index contributed by atoms with van der Waals surface area (Å²) in [7, 11) is 0. The number of carbonyl (C=O) groups is 2. The van der Waals surface area contributed by atoms with Crippen molar-refractivity contribution in [3.8, 4) is 23.6 Å². The zero-order valence-corrected chi connectivity index (χ0v) is 31.4. The molecule has 47 heavy (non-hydrogen) atoms. The van der Waals surface area contributed by atoms with E-state index in [1.165, 1.54) is 24.3 Å². The normalized spacial score (nSPS) is 10.3. The fourth-order valence-corrected chi connectivity index (χ4v) is 5.54. The molecule has 0 aliphatic heterocycles. The van der Waals surface area contributed by atoms with Gasteiger partial charge in [0.1, 0.15) is 46.3 Å². The van der Waals surface area contributed by atoms with Crippen molar-refractivity contribution >= 4 is 82.7 Å². The van der Waals surface area contributed by atoms with E-state index in [0.29, 0.717) is 61.6 Å². The molecular weight excluding hydrogens is 937 g/mol. The van der Waals surface area contributed by atoms with Gasteiger partial charge in [-0.15, -0.1) is 0 Å². The summed E-state index contributed by atoms with van der Waals surface area (Å²) < 4.78 is 3.98. The molecule has 236 valence electrons. The lowest BCUT2D eigenvalue weighted by Gasteiger charge is -2.06. The van der Waals surface area contributed by atoms with E-state index in [1.54, 1.807) is 27.3 Å². The Kier molecular flexibility index (Phi) is 12.3. The summed E-state index contributed by atoms with van der Waals surface area (Å²) >= 11 is 6.15. The standard InChI is InChI=1S/C17H12IN3O2.C17H13N3O2.I2/c1-2-13-15(21-6-4-3-5-14(21)20-13)17(23)10-7-11(9-19)16(22)12(18)8-10;1-2-13-16(20-8-4-3-5-15(20)19-13)17(22)11-6-7-14(21)12(9-11)10-18;1-2/h3-8,22H,2H2,1H3;3-9,21H,2H2,1H3;. The number of aryl methyl sites for hydroxylation is 2. The molecular formula is C34H25I3N6O4. The molecule has 0 aliphatic rings. The van der Waals surface area contributed by atoms with Crippen molar-refractivity contribution in [1.29, 1.82) is 10.5 Å². The summed E-state index contributed by atoms with van der Waals surface area (Å²) in [6.45, 7) is 3.88. The van der Waals surface area contributed by atoms with Gasteiger partial charge in [0.25, 0.3) is 0 Å². The largest absolute Gasteiger partial charge is 0.507 e. The SMILES string of the molecule is CCc1nc2ccccn2c1C(=O)c1cc(I)c(O)c(C#N)c1.CCc1nc2ccccn2c1C(=O)c1ccc(O)c(C#N)c1.II. The number of imidazole rings is 2. The van der Waals surface area contributed by atoms with Gasteiger partial charge in [-0.05, 0) is 90.0 Å². The molecule has 6 rings (SSSR count). The number of aromatic hydroxyl groups is 2. The smallest absolute Gasteiger partial charge is 0.211 e. The van der Waals surface area contributed by atoms with E-state index in [1.807, 2.05) is 85.0 Å². The van der Waals surface area contributed by atoms with Gasteiger partial charge in [-0.2, -0.15) is 10.5 Å². The van der Waals surface area contributed by atoms with Crippen LogP contribution in [0.4, 0.5) is 0 Å². The Morgan fingerprint density at radius 2 is 1.23 bits per heavy atom. The third kappa shape index (κ3) is 7.42. The first-order valence-corrected chi connectivity index (χ1v) is 21.4. The number of benzene rings is 2. The summed E-state index contributed by atoms with van der Waals surface area (Å²) in [5, 5.41) is 37.5. The van der Waals surface area contributed by atoms with Crippen LogP contribution in [0.2, 0.25) is 0 Å². The highest BCUT2D eigenvalue weighted by atomic mass is 128. The van der Waals surface area contributed by atoms with Crippen LogP contribution in [0, 0.1) is 26.2 Å². The predicted molar refractivity (Wildman–Crippen MR) is 202 cm³/mol. The molecule has 4 aromatic heterocycles. The quantitative estimate of drug-likeness (QED) is 0.127. The van der Waals surface area contributed by atoms with Gasteiger partial charge in [-0.25, -0.2) is 9.97 Å². The van der Waals surface area contributed by atoms with Gasteiger partial charge in [-0.3, -0.25) is 18.4 Å². The van der Waals surface area contributed by atoms with Crippen LogP contribution in [0.5, 0.6) is 11.5 Å². The zero-order valence-electron chi connectivity index (χ0n) is 24.9. The fourth-order valence-electron chi connectivity index (χ4n) is 4.92. The Hall–Kier alpha value is -4.07. The molecule has 0 spiro atoms. The molecule has 2 N–H and O–H groups in total. The van der Waals surface area contributed by atoms with Gasteiger partial charge < -0.3 is 10.2 Å². The summed E-state index contributed by atoms with van der Waals surface area (Å²) in [5.41, 5.74) is 4.72. The van der Waals surface area contributed by atoms with Crippen LogP contribution in [0.1, 0.15) is 68.5 Å². The molecule has 0 saturated carbocycles. The maximum Gasteiger partial charge on any atom is 0.211 e. The van der Waals surface area contributed by atoms with Gasteiger partial charge in [0.05, 0.1) is 26.1 Å². The number of nitriles is 2. The zero-order chi connectivity index (χ0) is 34.2. The van der Waals surface area contributed by atoms with Crippen molar-refractivity contribution in [3.63, 3.8) is 0 Å². The molecule has 2 aromatic carbocycles. The Morgan fingerprint density at radius 1 is 0.745 bits per heavy atom. The first kappa shape index (κ1) is 35.8. The molecule has 0 atom stereocenters. The van der Waals surface area contributed by atoms with Gasteiger partial charge in [-0.1, -0.05) is 26.0 Å². The third-order valence-corrected chi connectivity index (χ3v) is 7.95. The second-order valence-electron chi connectivity index (χ2n) is 9.85. The van der Waals surface area contributed by atoms with Crippen LogP contribution in [-0.4, -0.2) is 40.5 Å². The summed E-state index contributed by atoms with van der Waals surface area (Å²) in [5.74, 6) is -0.659. The monoisotopic (exact) mass is 962 g/mol. The predicted octanol–water partition coefficient (Wildman–Crippen LogP) is 7.79. The number of pyridine rings is 2. The lowest BCUT2D eigenvalue weighted by molar-refractivity contribution is 0.102. The molecule has 6 aromatic rings. The van der Waals surface area contributed by atoms with Crippen LogP contribution in [0.3, 0.4) is 0 Å². The number of phenolic OH excluding ortho intramolecular Hbond substituents is 2. The lowest BCUT2D eigenvalue weighted by atomic mass is 10.0. The highest BCUT2D eigenvalue weighted by molar-refractivity contribution is 15.0. The van der Waals surface area contributed by atoms with E-state index in [0.717, 1.165) is 0 Å². The fraction of sp³-hybridized carbons (Fsp3) is 0.118. The molecule has 0 unspecified atom stereocenters. The second kappa shape index (κ2) is 16.2. The van der Waals surface area contributed by atoms with E-state index >= 15 is 0 Å². The molecule has 0 fully saturated rings. The number of halogens is 3. The lowest BCUT2D eigenvalue weighted by Crippen LogP contribution is -2.09. The molecule has 0 radical (unpaired) electrons. The first-order valence-electron chi connectivity index (χ1n) is 14.0. The van der Waals surface area contributed by atoms with Crippen LogP contribution in [0.25, 0.3) is 11.3 Å². The minimum Gasteiger partial charge on any atom is -0.507 e. The van der Waals surface area contributed by atoms with Crippen molar-refractivity contribution in [2.45, 2.75) is 26.7 Å². The number of nitrogens with zero attached hydrogens (tertiary/aromatic N) is 6. The average molecular weight is 962 g/mol. The molecule has 0 aliphatic carbocycles.